The Balaban J connectivity index is 0.00000109. The van der Waals surface area contributed by atoms with Crippen LogP contribution in [-0.4, -0.2) is 51.6 Å². The van der Waals surface area contributed by atoms with E-state index >= 15 is 0 Å². The zero-order chi connectivity index (χ0) is 18.2. The van der Waals surface area contributed by atoms with E-state index < -0.39 is 0 Å². The Morgan fingerprint density at radius 2 is 2.28 bits per heavy atom. The summed E-state index contributed by atoms with van der Waals surface area (Å²) in [5, 5.41) is 14.3. The summed E-state index contributed by atoms with van der Waals surface area (Å²) in [6.45, 7) is 8.06. The number of carbonyl (C=O) groups is 1. The fourth-order valence-corrected chi connectivity index (χ4v) is 2.76. The van der Waals surface area contributed by atoms with Crippen molar-refractivity contribution in [1.82, 2.24) is 19.7 Å². The molecule has 2 N–H and O–H groups in total. The zero-order valence-electron chi connectivity index (χ0n) is 13.6. The number of carbonyl (C=O) groups excluding carboxylic acids is 1. The molecule has 3 aromatic heterocycles. The molecule has 3 rings (SSSR count). The number of nitrogens with one attached hydrogen (secondary N) is 1. The number of ether oxygens (including phenoxy) is 1. The lowest BCUT2D eigenvalue weighted by molar-refractivity contribution is 0.102. The number of hydrogen-bond donors (Lipinski definition) is 2. The third-order valence-electron chi connectivity index (χ3n) is 3.02. The number of amides is 1. The molecule has 0 aliphatic rings. The number of aliphatic hydroxyl groups excluding tert-OH is 1. The number of rotatable bonds is 5. The van der Waals surface area contributed by atoms with Crippen LogP contribution in [0.2, 0.25) is 0 Å². The highest BCUT2D eigenvalue weighted by atomic mass is 32.1. The maximum absolute atomic E-state index is 12.2. The van der Waals surface area contributed by atoms with Crippen LogP contribution in [0, 0.1) is 6.57 Å². The Labute approximate surface area is 147 Å². The van der Waals surface area contributed by atoms with Gasteiger partial charge in [0.15, 0.2) is 5.13 Å². The first-order valence-corrected chi connectivity index (χ1v) is 7.93. The van der Waals surface area contributed by atoms with Gasteiger partial charge in [-0.05, 0) is 6.07 Å². The molecule has 0 saturated carbocycles. The molecule has 3 heterocycles. The quantitative estimate of drug-likeness (QED) is 0.674. The number of thiazole rings is 1. The van der Waals surface area contributed by atoms with Crippen LogP contribution in [0.1, 0.15) is 10.4 Å². The number of fused-ring (bicyclic) bond motifs is 1. The Morgan fingerprint density at radius 1 is 1.48 bits per heavy atom. The molecule has 0 spiro atoms. The number of hydrogen-bond acceptors (Lipinski definition) is 7. The fourth-order valence-electron chi connectivity index (χ4n) is 1.89. The van der Waals surface area contributed by atoms with E-state index in [9.17, 15) is 4.79 Å². The molecule has 25 heavy (non-hydrogen) atoms. The van der Waals surface area contributed by atoms with Crippen molar-refractivity contribution < 1.29 is 14.6 Å². The summed E-state index contributed by atoms with van der Waals surface area (Å²) in [7, 11) is 2.61. The zero-order valence-corrected chi connectivity index (χ0v) is 14.4. The number of pyridine rings is 1. The maximum atomic E-state index is 12.2. The smallest absolute Gasteiger partial charge is 0.271 e. The average molecular weight is 360 g/mol. The molecule has 0 aliphatic carbocycles. The molecule has 0 fully saturated rings. The number of aromatic nitrogens is 4. The van der Waals surface area contributed by atoms with Gasteiger partial charge in [0, 0.05) is 20.4 Å². The third-order valence-corrected chi connectivity index (χ3v) is 3.95. The molecule has 0 aromatic carbocycles. The molecule has 0 aliphatic heterocycles. The molecule has 3 aromatic rings. The average Bonchev–Trinajstić information content (AvgIpc) is 3.27. The summed E-state index contributed by atoms with van der Waals surface area (Å²) in [5.41, 5.74) is 1.09. The molecular weight excluding hydrogens is 344 g/mol. The Hall–Kier alpha value is -2.87. The first-order valence-electron chi connectivity index (χ1n) is 7.11. The molecule has 0 radical (unpaired) electrons. The second-order valence-electron chi connectivity index (χ2n) is 4.58. The van der Waals surface area contributed by atoms with Crippen molar-refractivity contribution in [3.8, 4) is 0 Å². The van der Waals surface area contributed by atoms with Gasteiger partial charge in [-0.15, -0.1) is 4.98 Å². The van der Waals surface area contributed by atoms with Crippen LogP contribution in [0.4, 0.5) is 10.9 Å². The lowest BCUT2D eigenvalue weighted by Gasteiger charge is -1.99. The minimum absolute atomic E-state index is 0.286. The van der Waals surface area contributed by atoms with Crippen LogP contribution in [-0.2, 0) is 11.3 Å². The summed E-state index contributed by atoms with van der Waals surface area (Å²) in [6.07, 6.45) is 4.68. The van der Waals surface area contributed by atoms with Gasteiger partial charge >= 0.3 is 0 Å². The monoisotopic (exact) mass is 360 g/mol. The summed E-state index contributed by atoms with van der Waals surface area (Å²) >= 11 is 1.30. The van der Waals surface area contributed by atoms with Gasteiger partial charge in [-0.3, -0.25) is 14.8 Å². The first-order chi connectivity index (χ1) is 12.2. The largest absolute Gasteiger partial charge is 0.400 e. The van der Waals surface area contributed by atoms with Crippen LogP contribution in [0.3, 0.4) is 0 Å². The second-order valence-corrected chi connectivity index (χ2v) is 5.61. The maximum Gasteiger partial charge on any atom is 0.271 e. The molecule has 0 saturated heterocycles. The number of methoxy groups -OCH3 is 1. The molecule has 9 nitrogen and oxygen atoms in total. The molecule has 130 valence electrons. The van der Waals surface area contributed by atoms with Crippen molar-refractivity contribution in [3.63, 3.8) is 0 Å². The van der Waals surface area contributed by atoms with Gasteiger partial charge in [0.05, 0.1) is 29.6 Å². The topological polar surface area (TPSA) is 107 Å². The van der Waals surface area contributed by atoms with Crippen molar-refractivity contribution >= 4 is 38.4 Å². The van der Waals surface area contributed by atoms with E-state index in [0.29, 0.717) is 35.2 Å². The minimum Gasteiger partial charge on any atom is -0.400 e. The van der Waals surface area contributed by atoms with Crippen LogP contribution in [0.25, 0.3) is 15.1 Å². The predicted octanol–water partition coefficient (Wildman–Crippen LogP) is 1.95. The van der Waals surface area contributed by atoms with E-state index in [1.807, 2.05) is 0 Å². The van der Waals surface area contributed by atoms with E-state index in [1.54, 1.807) is 24.1 Å². The van der Waals surface area contributed by atoms with E-state index in [1.165, 1.54) is 23.7 Å². The van der Waals surface area contributed by atoms with Crippen molar-refractivity contribution in [2.24, 2.45) is 0 Å². The van der Waals surface area contributed by atoms with Crippen LogP contribution in [0.15, 0.2) is 24.7 Å². The highest BCUT2D eigenvalue weighted by Gasteiger charge is 2.13. The standard InChI is InChI=1S/C14H12N6O2S.CH4O/c1-15-12-5-11-10(7-16-12)18-14(23-11)19-13(21)9-6-17-20(8-9)3-4-22-2;1-2/h5-8H,3-4H2,2H3,(H,18,19,21);2H,1H3. The summed E-state index contributed by atoms with van der Waals surface area (Å²) in [5.74, 6) is 0.0181. The predicted molar refractivity (Wildman–Crippen MR) is 93.9 cm³/mol. The molecular formula is C15H16N6O3S. The Morgan fingerprint density at radius 3 is 3.00 bits per heavy atom. The number of nitrogens with zero attached hydrogens (tertiary/aromatic N) is 5. The second kappa shape index (κ2) is 8.84. The van der Waals surface area contributed by atoms with Crippen molar-refractivity contribution in [1.29, 1.82) is 0 Å². The highest BCUT2D eigenvalue weighted by Crippen LogP contribution is 2.28. The summed E-state index contributed by atoms with van der Waals surface area (Å²) < 4.78 is 7.41. The molecule has 0 bridgehead atoms. The van der Waals surface area contributed by atoms with Crippen molar-refractivity contribution in [2.75, 3.05) is 26.1 Å². The van der Waals surface area contributed by atoms with Gasteiger partial charge in [-0.2, -0.15) is 5.10 Å². The van der Waals surface area contributed by atoms with Gasteiger partial charge in [0.2, 0.25) is 0 Å². The van der Waals surface area contributed by atoms with E-state index in [4.69, 9.17) is 16.4 Å². The van der Waals surface area contributed by atoms with Crippen LogP contribution in [0.5, 0.6) is 0 Å². The Bertz CT molecular complexity index is 898. The van der Waals surface area contributed by atoms with Gasteiger partial charge < -0.3 is 14.7 Å². The Kier molecular flexibility index (Phi) is 6.53. The van der Waals surface area contributed by atoms with Gasteiger partial charge in [0.25, 0.3) is 11.7 Å². The molecule has 0 unspecified atom stereocenters. The summed E-state index contributed by atoms with van der Waals surface area (Å²) in [4.78, 5) is 23.7. The molecule has 10 heteroatoms. The van der Waals surface area contributed by atoms with E-state index in [0.717, 1.165) is 11.8 Å². The minimum atomic E-state index is -0.286. The number of anilines is 1. The lowest BCUT2D eigenvalue weighted by atomic mass is 10.3. The van der Waals surface area contributed by atoms with Gasteiger partial charge in [0.1, 0.15) is 11.7 Å². The third kappa shape index (κ3) is 4.57. The van der Waals surface area contributed by atoms with Crippen LogP contribution < -0.4 is 5.32 Å². The van der Waals surface area contributed by atoms with E-state index in [2.05, 4.69) is 25.2 Å². The molecule has 0 atom stereocenters. The lowest BCUT2D eigenvalue weighted by Crippen LogP contribution is -2.11. The van der Waals surface area contributed by atoms with E-state index in [-0.39, 0.29) is 5.91 Å². The van der Waals surface area contributed by atoms with Gasteiger partial charge in [-0.1, -0.05) is 17.9 Å². The van der Waals surface area contributed by atoms with Gasteiger partial charge in [-0.25, -0.2) is 4.98 Å². The van der Waals surface area contributed by atoms with Crippen molar-refractivity contribution in [2.45, 2.75) is 6.54 Å². The first kappa shape index (κ1) is 18.5. The summed E-state index contributed by atoms with van der Waals surface area (Å²) in [6, 6.07) is 1.65. The normalized spacial score (nSPS) is 10.0. The fraction of sp³-hybridized carbons (Fsp3) is 0.267. The van der Waals surface area contributed by atoms with Crippen LogP contribution >= 0.6 is 11.3 Å². The highest BCUT2D eigenvalue weighted by molar-refractivity contribution is 7.22. The van der Waals surface area contributed by atoms with Crippen molar-refractivity contribution in [3.05, 3.63) is 41.6 Å². The SMILES string of the molecule is CO.[C-]#[N+]c1cc2sc(NC(=O)c3cnn(CCOC)c3)nc2cn1. The molecule has 1 amide bonds. The number of aliphatic hydroxyl groups is 1.